The van der Waals surface area contributed by atoms with Crippen LogP contribution in [0.25, 0.3) is 0 Å². The first kappa shape index (κ1) is 123. The van der Waals surface area contributed by atoms with E-state index in [4.69, 9.17) is 24.1 Å². The predicted octanol–water partition coefficient (Wildman–Crippen LogP) is 30.7. The molecule has 0 rings (SSSR count). The van der Waals surface area contributed by atoms with Crippen molar-refractivity contribution in [3.05, 3.63) is 0 Å². The fourth-order valence-corrected chi connectivity index (χ4v) is 19.0. The number of esters is 4. The van der Waals surface area contributed by atoms with E-state index in [1.165, 1.54) is 321 Å². The first-order valence-electron chi connectivity index (χ1n) is 56.0. The van der Waals surface area contributed by atoms with Crippen LogP contribution in [0.3, 0.4) is 0 Å². The van der Waals surface area contributed by atoms with Crippen LogP contribution in [0.1, 0.15) is 537 Å². The minimum absolute atomic E-state index is 0.00646. The van der Waals surface area contributed by atoms with Crippen LogP contribution in [0.5, 0.6) is 0 Å². The highest BCUT2D eigenvalue weighted by atomic mass is 16.5. The lowest BCUT2D eigenvalue weighted by Gasteiger charge is -2.29. The number of carbonyl (C=O) groups excluding carboxylic acids is 4. The second-order valence-corrected chi connectivity index (χ2v) is 39.7. The van der Waals surface area contributed by atoms with E-state index in [-0.39, 0.29) is 35.7 Å². The van der Waals surface area contributed by atoms with Crippen LogP contribution in [0, 0.1) is 35.5 Å². The smallest absolute Gasteiger partial charge is 0.308 e. The maximum absolute atomic E-state index is 14.1. The van der Waals surface area contributed by atoms with E-state index in [2.05, 4.69) is 89.1 Å². The van der Waals surface area contributed by atoms with Crippen LogP contribution in [-0.2, 0) is 38.1 Å². The standard InChI is InChI=1S/C111H220N4O10/c1-11-19-25-30-43-58-76-102(75-57-27-21-13-3)100-124-108(118)83-62-45-41-50-68-89-115(94-92-113(10)86-65-52-54-71-96-117)90-69-51-42-46-63-84-109(119)125-101-103(77-59-44-31-26-20-12-2)78-74-82-104(17-7)105(18-8)99-107(81-61-29-23-15-5)111(121)123-98-73-56-40-34-37-49-67-88-114(93-91-112(9)85-64-47-35-32-38-53-70-95-116)87-66-48-36-33-39-55-72-97-122-110(120)106(79-24-16-6)80-60-28-22-14-4/h102-107,116-117H,11-101H2,1-10H3. The molecule has 0 aromatic heterocycles. The summed E-state index contributed by atoms with van der Waals surface area (Å²) in [6.45, 7) is 32.6. The second kappa shape index (κ2) is 97.7. The third-order valence-electron chi connectivity index (χ3n) is 27.9. The highest BCUT2D eigenvalue weighted by molar-refractivity contribution is 5.73. The molecule has 0 saturated heterocycles. The summed E-state index contributed by atoms with van der Waals surface area (Å²) in [5.41, 5.74) is 0. The van der Waals surface area contributed by atoms with Gasteiger partial charge in [-0.3, -0.25) is 19.2 Å². The number of carbonyl (C=O) groups is 4. The van der Waals surface area contributed by atoms with E-state index >= 15 is 0 Å². The molecule has 0 bridgehead atoms. The van der Waals surface area contributed by atoms with E-state index < -0.39 is 0 Å². The van der Waals surface area contributed by atoms with E-state index in [9.17, 15) is 24.3 Å². The lowest BCUT2D eigenvalue weighted by atomic mass is 9.77. The van der Waals surface area contributed by atoms with Crippen molar-refractivity contribution in [2.75, 3.05) is 119 Å². The van der Waals surface area contributed by atoms with Crippen molar-refractivity contribution in [1.29, 1.82) is 0 Å². The molecule has 14 heteroatoms. The molecule has 2 N–H and O–H groups in total. The third-order valence-corrected chi connectivity index (χ3v) is 27.9. The average molecular weight is 1770 g/mol. The quantitative estimate of drug-likeness (QED) is 0.0337. The molecule has 6 atom stereocenters. The minimum Gasteiger partial charge on any atom is -0.465 e. The summed E-state index contributed by atoms with van der Waals surface area (Å²) in [5.74, 6) is 2.17. The van der Waals surface area contributed by atoms with Gasteiger partial charge in [0.05, 0.1) is 38.3 Å². The van der Waals surface area contributed by atoms with Gasteiger partial charge < -0.3 is 48.8 Å². The van der Waals surface area contributed by atoms with Crippen LogP contribution in [0.2, 0.25) is 0 Å². The molecule has 0 aliphatic rings. The van der Waals surface area contributed by atoms with Gasteiger partial charge in [-0.15, -0.1) is 0 Å². The van der Waals surface area contributed by atoms with E-state index in [0.717, 1.165) is 213 Å². The number of unbranched alkanes of at least 4 members (excludes halogenated alkanes) is 49. The number of nitrogens with zero attached hydrogens (tertiary/aromatic N) is 4. The first-order chi connectivity index (χ1) is 61.3. The number of hydrogen-bond donors (Lipinski definition) is 2. The SMILES string of the molecule is CCCCCCCCC(CCCCCC)COC(=O)CCCCCCCN(CCCCCCCC(=O)OCC(CCCCCCCC)CCCC(CC)C(CC)CC(CCCCCC)C(=O)OCCCCCCCCCN(CCCCCCCCCOC(=O)C(CCCC)CCCCCC)CCN(C)CCCCCCCCCO)CCN(C)CCCCCCO. The average Bonchev–Trinajstić information content (AvgIpc) is 0.882. The van der Waals surface area contributed by atoms with E-state index in [1.54, 1.807) is 0 Å². The largest absolute Gasteiger partial charge is 0.465 e. The molecule has 14 nitrogen and oxygen atoms in total. The summed E-state index contributed by atoms with van der Waals surface area (Å²) in [5, 5.41) is 18.4. The van der Waals surface area contributed by atoms with E-state index in [1.807, 2.05) is 0 Å². The Morgan fingerprint density at radius 3 is 0.864 bits per heavy atom. The van der Waals surface area contributed by atoms with Gasteiger partial charge in [0.25, 0.3) is 0 Å². The Morgan fingerprint density at radius 2 is 0.512 bits per heavy atom. The summed E-state index contributed by atoms with van der Waals surface area (Å²) in [6, 6.07) is 0. The molecular weight excluding hydrogens is 1550 g/mol. The van der Waals surface area contributed by atoms with Crippen LogP contribution in [0.4, 0.5) is 0 Å². The summed E-state index contributed by atoms with van der Waals surface area (Å²) < 4.78 is 24.2. The summed E-state index contributed by atoms with van der Waals surface area (Å²) in [4.78, 5) is 63.9. The maximum Gasteiger partial charge on any atom is 0.308 e. The van der Waals surface area contributed by atoms with E-state index in [0.29, 0.717) is 76.2 Å². The number of aliphatic hydroxyl groups excluding tert-OH is 2. The van der Waals surface area contributed by atoms with Gasteiger partial charge >= 0.3 is 23.9 Å². The lowest BCUT2D eigenvalue weighted by molar-refractivity contribution is -0.150. The molecule has 0 amide bonds. The third kappa shape index (κ3) is 83.2. The Labute approximate surface area is 779 Å². The van der Waals surface area contributed by atoms with Gasteiger partial charge in [0.15, 0.2) is 0 Å². The van der Waals surface area contributed by atoms with Gasteiger partial charge in [0, 0.05) is 52.2 Å². The highest BCUT2D eigenvalue weighted by Gasteiger charge is 2.29. The molecule has 0 fully saturated rings. The molecule has 0 spiro atoms. The Hall–Kier alpha value is -2.36. The molecule has 0 heterocycles. The highest BCUT2D eigenvalue weighted by Crippen LogP contribution is 2.35. The Morgan fingerprint density at radius 1 is 0.240 bits per heavy atom. The van der Waals surface area contributed by atoms with Crippen LogP contribution in [-0.4, -0.2) is 173 Å². The maximum atomic E-state index is 14.1. The molecule has 6 unspecified atom stereocenters. The van der Waals surface area contributed by atoms with Gasteiger partial charge in [0.1, 0.15) is 0 Å². The molecule has 744 valence electrons. The van der Waals surface area contributed by atoms with Gasteiger partial charge in [0.2, 0.25) is 0 Å². The van der Waals surface area contributed by atoms with Gasteiger partial charge in [-0.2, -0.15) is 0 Å². The molecule has 0 aromatic carbocycles. The minimum atomic E-state index is -0.0221. The number of hydrogen-bond acceptors (Lipinski definition) is 14. The topological polar surface area (TPSA) is 159 Å². The number of likely N-dealkylation sites (N-methyl/N-ethyl adjacent to an activating group) is 2. The zero-order valence-corrected chi connectivity index (χ0v) is 85.8. The summed E-state index contributed by atoms with van der Waals surface area (Å²) in [6.07, 6.45) is 87.4. The van der Waals surface area contributed by atoms with Crippen molar-refractivity contribution >= 4 is 23.9 Å². The zero-order chi connectivity index (χ0) is 91.3. The Balaban J connectivity index is 5.34. The number of rotatable bonds is 104. The van der Waals surface area contributed by atoms with Crippen molar-refractivity contribution < 1.29 is 48.3 Å². The fraction of sp³-hybridized carbons (Fsp3) is 0.964. The summed E-state index contributed by atoms with van der Waals surface area (Å²) in [7, 11) is 4.58. The predicted molar refractivity (Wildman–Crippen MR) is 538 cm³/mol. The normalized spacial score (nSPS) is 13.4. The van der Waals surface area contributed by atoms with Crippen LogP contribution >= 0.6 is 0 Å². The number of ether oxygens (including phenoxy) is 4. The molecule has 0 aliphatic carbocycles. The number of aliphatic hydroxyl groups is 2. The first-order valence-corrected chi connectivity index (χ1v) is 56.0. The molecule has 0 radical (unpaired) electrons. The van der Waals surface area contributed by atoms with Gasteiger partial charge in [-0.05, 0) is 205 Å². The molecule has 0 saturated carbocycles. The Kier molecular flexibility index (Phi) is 95.8. The monoisotopic (exact) mass is 1770 g/mol. The van der Waals surface area contributed by atoms with Crippen molar-refractivity contribution in [2.24, 2.45) is 35.5 Å². The van der Waals surface area contributed by atoms with Crippen molar-refractivity contribution in [3.8, 4) is 0 Å². The van der Waals surface area contributed by atoms with Crippen molar-refractivity contribution in [2.45, 2.75) is 537 Å². The van der Waals surface area contributed by atoms with Crippen LogP contribution < -0.4 is 0 Å². The molecular formula is C111H220N4O10. The van der Waals surface area contributed by atoms with Crippen LogP contribution in [0.15, 0.2) is 0 Å². The molecule has 0 aromatic rings. The second-order valence-electron chi connectivity index (χ2n) is 39.7. The van der Waals surface area contributed by atoms with Crippen molar-refractivity contribution in [1.82, 2.24) is 19.6 Å². The van der Waals surface area contributed by atoms with Crippen molar-refractivity contribution in [3.63, 3.8) is 0 Å². The molecule has 0 aliphatic heterocycles. The zero-order valence-electron chi connectivity index (χ0n) is 85.8. The molecule has 125 heavy (non-hydrogen) atoms. The lowest BCUT2D eigenvalue weighted by Crippen LogP contribution is -2.35. The Bertz CT molecular complexity index is 2210. The fourth-order valence-electron chi connectivity index (χ4n) is 19.0. The van der Waals surface area contributed by atoms with Gasteiger partial charge in [-0.25, -0.2) is 0 Å². The van der Waals surface area contributed by atoms with Gasteiger partial charge in [-0.1, -0.05) is 396 Å². The summed E-state index contributed by atoms with van der Waals surface area (Å²) >= 11 is 0.